The van der Waals surface area contributed by atoms with E-state index in [1.165, 1.54) is 24.4 Å². The second kappa shape index (κ2) is 12.4. The van der Waals surface area contributed by atoms with Gasteiger partial charge in [-0.05, 0) is 60.3 Å². The molecule has 2 N–H and O–H groups in total. The van der Waals surface area contributed by atoms with Gasteiger partial charge in [0.25, 0.3) is 0 Å². The number of rotatable bonds is 7. The number of carbonyl (C=O) groups excluding carboxylic acids is 1. The van der Waals surface area contributed by atoms with E-state index >= 15 is 4.39 Å². The van der Waals surface area contributed by atoms with Crippen LogP contribution < -0.4 is 15.0 Å². The number of aryl methyl sites for hydroxylation is 1. The van der Waals surface area contributed by atoms with Crippen LogP contribution in [-0.2, 0) is 16.0 Å². The number of pyridine rings is 1. The van der Waals surface area contributed by atoms with Crippen LogP contribution in [0.3, 0.4) is 0 Å². The summed E-state index contributed by atoms with van der Waals surface area (Å²) in [7, 11) is 1.56. The van der Waals surface area contributed by atoms with Crippen molar-refractivity contribution >= 4 is 33.4 Å². The molecule has 7 rings (SSSR count). The molecule has 10 nitrogen and oxygen atoms in total. The number of hydrogen-bond donors (Lipinski definition) is 2. The number of amides is 1. The van der Waals surface area contributed by atoms with Crippen LogP contribution in [0.5, 0.6) is 11.8 Å². The summed E-state index contributed by atoms with van der Waals surface area (Å²) in [4.78, 5) is 30.3. The molecular weight excluding hydrogens is 613 g/mol. The number of ether oxygens (including phenoxy) is 2. The molecule has 3 aliphatic rings. The average molecular weight is 651 g/mol. The molecule has 47 heavy (non-hydrogen) atoms. The van der Waals surface area contributed by atoms with Crippen molar-refractivity contribution in [3.05, 3.63) is 47.7 Å². The Balaban J connectivity index is 1.38. The van der Waals surface area contributed by atoms with Crippen LogP contribution in [0.4, 0.5) is 19.0 Å². The zero-order chi connectivity index (χ0) is 32.9. The monoisotopic (exact) mass is 650 g/mol. The van der Waals surface area contributed by atoms with E-state index in [0.29, 0.717) is 54.7 Å². The first-order valence-corrected chi connectivity index (χ1v) is 16.1. The Bertz CT molecular complexity index is 1860. The number of nitrogens with zero attached hydrogens (tertiary/aromatic N) is 5. The van der Waals surface area contributed by atoms with Gasteiger partial charge in [-0.15, -0.1) is 0 Å². The van der Waals surface area contributed by atoms with E-state index in [0.717, 1.165) is 19.4 Å². The van der Waals surface area contributed by atoms with Gasteiger partial charge in [0.2, 0.25) is 5.91 Å². The van der Waals surface area contributed by atoms with Crippen LogP contribution in [0, 0.1) is 17.6 Å². The van der Waals surface area contributed by atoms with E-state index in [4.69, 9.17) is 14.5 Å². The Kier molecular flexibility index (Phi) is 8.29. The van der Waals surface area contributed by atoms with Crippen LogP contribution in [-0.4, -0.2) is 95.6 Å². The first kappa shape index (κ1) is 31.4. The molecule has 2 aromatic carbocycles. The number of fused-ring (bicyclic) bond motifs is 3. The standard InChI is InChI=1S/C34H37F3N6O4/c1-3-23-26(36)6-5-19-11-22(44)12-24(27(19)23)29-28(37)30-25(14-39-29)31(42-9-10-46-17-20(15-42)32(45)38-2)41-33(40-30)47-18-34-7-4-8-43(34)16-21(35)13-34/h5-6,11-12,14,20-21,44H,3-4,7-10,13,15-18H2,1-2H3,(H,38,45)/t20?,21?,34-/m0/s1. The highest BCUT2D eigenvalue weighted by molar-refractivity contribution is 6.01. The first-order valence-electron chi connectivity index (χ1n) is 16.1. The minimum Gasteiger partial charge on any atom is -0.508 e. The van der Waals surface area contributed by atoms with Gasteiger partial charge in [0.15, 0.2) is 5.82 Å². The van der Waals surface area contributed by atoms with Gasteiger partial charge in [-0.1, -0.05) is 13.0 Å². The number of hydrogen-bond acceptors (Lipinski definition) is 9. The van der Waals surface area contributed by atoms with Gasteiger partial charge < -0.3 is 24.8 Å². The lowest BCUT2D eigenvalue weighted by molar-refractivity contribution is -0.125. The molecule has 2 aromatic heterocycles. The maximum Gasteiger partial charge on any atom is 0.319 e. The molecule has 0 bridgehead atoms. The number of phenols is 1. The van der Waals surface area contributed by atoms with Gasteiger partial charge in [-0.25, -0.2) is 13.2 Å². The molecular formula is C34H37F3N6O4. The lowest BCUT2D eigenvalue weighted by Crippen LogP contribution is -2.43. The number of carbonyl (C=O) groups is 1. The van der Waals surface area contributed by atoms with Gasteiger partial charge >= 0.3 is 6.01 Å². The zero-order valence-corrected chi connectivity index (χ0v) is 26.4. The number of halogens is 3. The average Bonchev–Trinajstić information content (AvgIpc) is 3.47. The second-order valence-corrected chi connectivity index (χ2v) is 12.7. The Morgan fingerprint density at radius 1 is 1.21 bits per heavy atom. The van der Waals surface area contributed by atoms with Gasteiger partial charge in [-0.3, -0.25) is 14.7 Å². The van der Waals surface area contributed by atoms with Gasteiger partial charge in [0, 0.05) is 44.9 Å². The highest BCUT2D eigenvalue weighted by Gasteiger charge is 2.49. The van der Waals surface area contributed by atoms with Gasteiger partial charge in [-0.2, -0.15) is 9.97 Å². The number of aromatic nitrogens is 3. The number of anilines is 1. The number of benzene rings is 2. The Morgan fingerprint density at radius 3 is 2.87 bits per heavy atom. The quantitative estimate of drug-likeness (QED) is 0.298. The van der Waals surface area contributed by atoms with E-state index in [9.17, 15) is 18.7 Å². The normalized spacial score (nSPS) is 23.3. The van der Waals surface area contributed by atoms with E-state index in [1.807, 2.05) is 4.90 Å². The minimum atomic E-state index is -0.952. The first-order chi connectivity index (χ1) is 22.7. The van der Waals surface area contributed by atoms with Crippen molar-refractivity contribution in [3.8, 4) is 23.0 Å². The molecule has 2 unspecified atom stereocenters. The summed E-state index contributed by atoms with van der Waals surface area (Å²) in [5, 5.41) is 14.5. The van der Waals surface area contributed by atoms with Crippen molar-refractivity contribution < 1.29 is 32.5 Å². The summed E-state index contributed by atoms with van der Waals surface area (Å²) < 4.78 is 58.3. The molecule has 0 radical (unpaired) electrons. The topological polar surface area (TPSA) is 113 Å². The van der Waals surface area contributed by atoms with E-state index in [-0.39, 0.29) is 59.6 Å². The van der Waals surface area contributed by atoms with Crippen LogP contribution in [0.25, 0.3) is 32.9 Å². The fraction of sp³-hybridized carbons (Fsp3) is 0.471. The lowest BCUT2D eigenvalue weighted by atomic mass is 9.94. The molecule has 4 aromatic rings. The summed E-state index contributed by atoms with van der Waals surface area (Å²) in [6.45, 7) is 4.19. The number of alkyl halides is 1. The van der Waals surface area contributed by atoms with Crippen molar-refractivity contribution in [2.24, 2.45) is 5.92 Å². The fourth-order valence-electron chi connectivity index (χ4n) is 7.56. The predicted molar refractivity (Wildman–Crippen MR) is 170 cm³/mol. The van der Waals surface area contributed by atoms with Crippen molar-refractivity contribution in [2.45, 2.75) is 44.3 Å². The second-order valence-electron chi connectivity index (χ2n) is 12.7. The molecule has 0 aliphatic carbocycles. The largest absolute Gasteiger partial charge is 0.508 e. The van der Waals surface area contributed by atoms with E-state index in [1.54, 1.807) is 20.0 Å². The Labute approximate surface area is 269 Å². The zero-order valence-electron chi connectivity index (χ0n) is 26.4. The molecule has 0 saturated carbocycles. The van der Waals surface area contributed by atoms with Crippen molar-refractivity contribution in [1.82, 2.24) is 25.2 Å². The summed E-state index contributed by atoms with van der Waals surface area (Å²) in [5.41, 5.74) is -0.0888. The Morgan fingerprint density at radius 2 is 2.06 bits per heavy atom. The third-order valence-electron chi connectivity index (χ3n) is 9.82. The molecule has 3 fully saturated rings. The number of nitrogens with one attached hydrogen (secondary N) is 1. The third-order valence-corrected chi connectivity index (χ3v) is 9.82. The highest BCUT2D eigenvalue weighted by Crippen LogP contribution is 2.42. The van der Waals surface area contributed by atoms with Crippen LogP contribution in [0.1, 0.15) is 31.7 Å². The van der Waals surface area contributed by atoms with Crippen molar-refractivity contribution in [3.63, 3.8) is 0 Å². The molecule has 0 spiro atoms. The number of aromatic hydroxyl groups is 1. The predicted octanol–water partition coefficient (Wildman–Crippen LogP) is 4.55. The molecule has 13 heteroatoms. The third kappa shape index (κ3) is 5.58. The molecule has 1 amide bonds. The Hall–Kier alpha value is -4.23. The maximum absolute atomic E-state index is 16.9. The van der Waals surface area contributed by atoms with Gasteiger partial charge in [0.1, 0.15) is 41.4 Å². The van der Waals surface area contributed by atoms with E-state index < -0.39 is 29.3 Å². The fourth-order valence-corrected chi connectivity index (χ4v) is 7.56. The van der Waals surface area contributed by atoms with Crippen LogP contribution in [0.15, 0.2) is 30.5 Å². The highest BCUT2D eigenvalue weighted by atomic mass is 19.1. The SMILES string of the molecule is CCc1c(F)ccc2cc(O)cc(-c3ncc4c(N5CCOCC(C(=O)NC)C5)nc(OC[C@@]56CCCN5CC(F)C6)nc4c3F)c12. The smallest absolute Gasteiger partial charge is 0.319 e. The maximum atomic E-state index is 16.9. The van der Waals surface area contributed by atoms with Gasteiger partial charge in [0.05, 0.1) is 30.1 Å². The van der Waals surface area contributed by atoms with Crippen LogP contribution in [0.2, 0.25) is 0 Å². The molecule has 3 saturated heterocycles. The summed E-state index contributed by atoms with van der Waals surface area (Å²) in [6.07, 6.45) is 2.88. The molecule has 3 atom stereocenters. The van der Waals surface area contributed by atoms with Crippen LogP contribution >= 0.6 is 0 Å². The van der Waals surface area contributed by atoms with Crippen molar-refractivity contribution in [1.29, 1.82) is 0 Å². The molecule has 3 aliphatic heterocycles. The summed E-state index contributed by atoms with van der Waals surface area (Å²) in [6, 6.07) is 5.66. The molecule has 5 heterocycles. The lowest BCUT2D eigenvalue weighted by Gasteiger charge is -2.31. The van der Waals surface area contributed by atoms with Crippen molar-refractivity contribution in [2.75, 3.05) is 57.9 Å². The minimum absolute atomic E-state index is 0.0850. The number of phenolic OH excluding ortho intramolecular Hbond substituents is 1. The molecule has 248 valence electrons. The summed E-state index contributed by atoms with van der Waals surface area (Å²) in [5.74, 6) is -1.75. The van der Waals surface area contributed by atoms with E-state index in [2.05, 4.69) is 20.2 Å². The summed E-state index contributed by atoms with van der Waals surface area (Å²) >= 11 is 0.